The largest absolute Gasteiger partial charge is 0.409 e. The van der Waals surface area contributed by atoms with Crippen LogP contribution in [0.4, 0.5) is 0 Å². The summed E-state index contributed by atoms with van der Waals surface area (Å²) in [5, 5.41) is 14.4. The zero-order chi connectivity index (χ0) is 14.0. The van der Waals surface area contributed by atoms with Gasteiger partial charge in [0, 0.05) is 13.1 Å². The van der Waals surface area contributed by atoms with Gasteiger partial charge in [0.05, 0.1) is 5.92 Å². The monoisotopic (exact) mass is 258 g/mol. The first-order chi connectivity index (χ1) is 8.60. The molecule has 6 heteroatoms. The molecule has 106 valence electrons. The molecule has 4 N–H and O–H groups in total. The minimum atomic E-state index is -0.531. The Kier molecular flexibility index (Phi) is 9.00. The second kappa shape index (κ2) is 9.70. The number of carbonyl (C=O) groups is 1. The summed E-state index contributed by atoms with van der Waals surface area (Å²) in [5.74, 6) is -0.715. The number of hydrogen-bond acceptors (Lipinski definition) is 4. The molecule has 0 spiro atoms. The summed E-state index contributed by atoms with van der Waals surface area (Å²) in [6.45, 7) is 9.45. The van der Waals surface area contributed by atoms with Gasteiger partial charge in [0.1, 0.15) is 0 Å². The highest BCUT2D eigenvalue weighted by Crippen LogP contribution is 2.06. The Morgan fingerprint density at radius 2 is 2.00 bits per heavy atom. The molecule has 0 fully saturated rings. The molecular formula is C12H26N4O2. The molecule has 0 bridgehead atoms. The Labute approximate surface area is 109 Å². The smallest absolute Gasteiger partial charge is 0.230 e. The van der Waals surface area contributed by atoms with E-state index in [4.69, 9.17) is 10.9 Å². The summed E-state index contributed by atoms with van der Waals surface area (Å²) in [6.07, 6.45) is 1.40. The SMILES string of the molecule is CCCC(C(=O)NCCN(CC)CC)/C(N)=N/O. The fraction of sp³-hybridized carbons (Fsp3) is 0.833. The number of hydrogen-bond donors (Lipinski definition) is 3. The molecule has 0 saturated heterocycles. The number of amides is 1. The summed E-state index contributed by atoms with van der Waals surface area (Å²) in [6, 6.07) is 0. The first-order valence-electron chi connectivity index (χ1n) is 6.58. The van der Waals surface area contributed by atoms with Gasteiger partial charge in [-0.05, 0) is 19.5 Å². The maximum atomic E-state index is 11.9. The molecule has 0 aliphatic carbocycles. The van der Waals surface area contributed by atoms with Gasteiger partial charge in [-0.1, -0.05) is 32.3 Å². The normalized spacial score (nSPS) is 13.7. The van der Waals surface area contributed by atoms with Gasteiger partial charge in [0.2, 0.25) is 5.91 Å². The van der Waals surface area contributed by atoms with Crippen LogP contribution < -0.4 is 11.1 Å². The third kappa shape index (κ3) is 5.86. The van der Waals surface area contributed by atoms with Crippen molar-refractivity contribution in [3.63, 3.8) is 0 Å². The Morgan fingerprint density at radius 1 is 1.39 bits per heavy atom. The van der Waals surface area contributed by atoms with E-state index >= 15 is 0 Å². The van der Waals surface area contributed by atoms with Crippen LogP contribution in [0.3, 0.4) is 0 Å². The van der Waals surface area contributed by atoms with Crippen molar-refractivity contribution in [2.24, 2.45) is 16.8 Å². The van der Waals surface area contributed by atoms with E-state index in [1.54, 1.807) is 0 Å². The molecule has 1 unspecified atom stereocenters. The van der Waals surface area contributed by atoms with Gasteiger partial charge in [-0.15, -0.1) is 0 Å². The Morgan fingerprint density at radius 3 is 2.44 bits per heavy atom. The first kappa shape index (κ1) is 16.7. The van der Waals surface area contributed by atoms with Crippen LogP contribution in [0.25, 0.3) is 0 Å². The average Bonchev–Trinajstić information content (AvgIpc) is 2.39. The van der Waals surface area contributed by atoms with Crippen molar-refractivity contribution >= 4 is 11.7 Å². The highest BCUT2D eigenvalue weighted by atomic mass is 16.4. The van der Waals surface area contributed by atoms with Crippen LogP contribution >= 0.6 is 0 Å². The Bertz CT molecular complexity index is 265. The molecule has 0 rings (SSSR count). The molecule has 0 radical (unpaired) electrons. The zero-order valence-electron chi connectivity index (χ0n) is 11.6. The van der Waals surface area contributed by atoms with Crippen molar-refractivity contribution in [3.8, 4) is 0 Å². The molecule has 18 heavy (non-hydrogen) atoms. The van der Waals surface area contributed by atoms with Gasteiger partial charge >= 0.3 is 0 Å². The summed E-state index contributed by atoms with van der Waals surface area (Å²) in [4.78, 5) is 14.1. The lowest BCUT2D eigenvalue weighted by Crippen LogP contribution is -2.42. The quantitative estimate of drug-likeness (QED) is 0.244. The van der Waals surface area contributed by atoms with Crippen LogP contribution in [-0.4, -0.2) is 48.0 Å². The number of rotatable bonds is 9. The van der Waals surface area contributed by atoms with E-state index in [0.29, 0.717) is 13.0 Å². The lowest BCUT2D eigenvalue weighted by Gasteiger charge is -2.19. The highest BCUT2D eigenvalue weighted by molar-refractivity contribution is 6.02. The summed E-state index contributed by atoms with van der Waals surface area (Å²) < 4.78 is 0. The van der Waals surface area contributed by atoms with Crippen molar-refractivity contribution in [1.29, 1.82) is 0 Å². The van der Waals surface area contributed by atoms with E-state index in [2.05, 4.69) is 29.2 Å². The van der Waals surface area contributed by atoms with Crippen LogP contribution in [-0.2, 0) is 4.79 Å². The first-order valence-corrected chi connectivity index (χ1v) is 6.58. The van der Waals surface area contributed by atoms with Gasteiger partial charge in [-0.2, -0.15) is 0 Å². The fourth-order valence-electron chi connectivity index (χ4n) is 1.77. The number of nitrogens with one attached hydrogen (secondary N) is 1. The van der Waals surface area contributed by atoms with Crippen LogP contribution in [0, 0.1) is 5.92 Å². The number of carbonyl (C=O) groups excluding carboxylic acids is 1. The molecule has 1 atom stereocenters. The maximum absolute atomic E-state index is 11.9. The van der Waals surface area contributed by atoms with Crippen molar-refractivity contribution < 1.29 is 10.0 Å². The highest BCUT2D eigenvalue weighted by Gasteiger charge is 2.21. The molecule has 0 aromatic carbocycles. The maximum Gasteiger partial charge on any atom is 0.230 e. The third-order valence-electron chi connectivity index (χ3n) is 2.99. The molecular weight excluding hydrogens is 232 g/mol. The summed E-state index contributed by atoms with van der Waals surface area (Å²) in [5.41, 5.74) is 5.52. The number of amidine groups is 1. The van der Waals surface area contributed by atoms with E-state index in [0.717, 1.165) is 26.1 Å². The summed E-state index contributed by atoms with van der Waals surface area (Å²) in [7, 11) is 0. The van der Waals surface area contributed by atoms with Crippen LogP contribution in [0.2, 0.25) is 0 Å². The average molecular weight is 258 g/mol. The standard InChI is InChI=1S/C12H26N4O2/c1-4-7-10(11(13)15-18)12(17)14-8-9-16(5-2)6-3/h10,18H,4-9H2,1-3H3,(H2,13,15)(H,14,17). The van der Waals surface area contributed by atoms with E-state index in [9.17, 15) is 4.79 Å². The van der Waals surface area contributed by atoms with Gasteiger partial charge in [-0.3, -0.25) is 4.79 Å². The van der Waals surface area contributed by atoms with Gasteiger partial charge in [0.15, 0.2) is 5.84 Å². The molecule has 0 aromatic rings. The molecule has 6 nitrogen and oxygen atoms in total. The Hall–Kier alpha value is -1.30. The number of likely N-dealkylation sites (N-methyl/N-ethyl adjacent to an activating group) is 1. The molecule has 0 aliphatic heterocycles. The number of oxime groups is 1. The Balaban J connectivity index is 4.19. The molecule has 0 aromatic heterocycles. The molecule has 0 saturated carbocycles. The van der Waals surface area contributed by atoms with Crippen molar-refractivity contribution in [2.45, 2.75) is 33.6 Å². The van der Waals surface area contributed by atoms with Crippen molar-refractivity contribution in [1.82, 2.24) is 10.2 Å². The third-order valence-corrected chi connectivity index (χ3v) is 2.99. The lowest BCUT2D eigenvalue weighted by atomic mass is 10.0. The second-order valence-electron chi connectivity index (χ2n) is 4.18. The van der Waals surface area contributed by atoms with Crippen LogP contribution in [0.5, 0.6) is 0 Å². The van der Waals surface area contributed by atoms with Crippen LogP contribution in [0.1, 0.15) is 33.6 Å². The molecule has 1 amide bonds. The van der Waals surface area contributed by atoms with Gasteiger partial charge < -0.3 is 21.2 Å². The lowest BCUT2D eigenvalue weighted by molar-refractivity contribution is -0.123. The van der Waals surface area contributed by atoms with Gasteiger partial charge in [0.25, 0.3) is 0 Å². The van der Waals surface area contributed by atoms with E-state index in [1.165, 1.54) is 0 Å². The predicted octanol–water partition coefficient (Wildman–Crippen LogP) is 0.607. The number of nitrogens with two attached hydrogens (primary N) is 1. The van der Waals surface area contributed by atoms with Crippen molar-refractivity contribution in [3.05, 3.63) is 0 Å². The number of nitrogens with zero attached hydrogens (tertiary/aromatic N) is 2. The van der Waals surface area contributed by atoms with Gasteiger partial charge in [-0.25, -0.2) is 0 Å². The minimum Gasteiger partial charge on any atom is -0.409 e. The predicted molar refractivity (Wildman–Crippen MR) is 72.6 cm³/mol. The summed E-state index contributed by atoms with van der Waals surface area (Å²) >= 11 is 0. The zero-order valence-corrected chi connectivity index (χ0v) is 11.6. The topological polar surface area (TPSA) is 91.0 Å². The van der Waals surface area contributed by atoms with E-state index in [-0.39, 0.29) is 11.7 Å². The second-order valence-corrected chi connectivity index (χ2v) is 4.18. The fourth-order valence-corrected chi connectivity index (χ4v) is 1.77. The van der Waals surface area contributed by atoms with E-state index in [1.807, 2.05) is 6.92 Å². The minimum absolute atomic E-state index is 0.0165. The molecule has 0 heterocycles. The van der Waals surface area contributed by atoms with Crippen molar-refractivity contribution in [2.75, 3.05) is 26.2 Å². The molecule has 0 aliphatic rings. The van der Waals surface area contributed by atoms with Crippen LogP contribution in [0.15, 0.2) is 5.16 Å². The van der Waals surface area contributed by atoms with E-state index < -0.39 is 5.92 Å².